The van der Waals surface area contributed by atoms with Crippen LogP contribution in [0.3, 0.4) is 0 Å². The van der Waals surface area contributed by atoms with Crippen LogP contribution in [0.2, 0.25) is 10.0 Å². The number of anilines is 1. The van der Waals surface area contributed by atoms with E-state index in [2.05, 4.69) is 0 Å². The molecule has 0 spiro atoms. The Bertz CT molecular complexity index is 715. The van der Waals surface area contributed by atoms with Crippen molar-refractivity contribution >= 4 is 40.5 Å². The molecule has 0 atom stereocenters. The van der Waals surface area contributed by atoms with Crippen LogP contribution in [-0.2, 0) is 4.79 Å². The highest BCUT2D eigenvalue weighted by molar-refractivity contribution is 6.37. The van der Waals surface area contributed by atoms with Gasteiger partial charge in [-0.1, -0.05) is 29.3 Å². The van der Waals surface area contributed by atoms with E-state index in [-0.39, 0.29) is 24.0 Å². The monoisotopic (exact) mass is 354 g/mol. The van der Waals surface area contributed by atoms with Crippen LogP contribution in [0.4, 0.5) is 11.4 Å². The van der Waals surface area contributed by atoms with Gasteiger partial charge in [0.15, 0.2) is 12.4 Å². The van der Waals surface area contributed by atoms with Crippen LogP contribution >= 0.6 is 23.2 Å². The first-order valence-corrected chi connectivity index (χ1v) is 7.23. The summed E-state index contributed by atoms with van der Waals surface area (Å²) in [5.74, 6) is -0.115. The molecule has 23 heavy (non-hydrogen) atoms. The Labute approximate surface area is 142 Å². The number of likely N-dealkylation sites (N-methyl/N-ethyl adjacent to an activating group) is 1. The van der Waals surface area contributed by atoms with Crippen molar-refractivity contribution in [3.63, 3.8) is 0 Å². The number of rotatable bonds is 5. The van der Waals surface area contributed by atoms with Crippen molar-refractivity contribution in [3.05, 3.63) is 62.6 Å². The average molecular weight is 355 g/mol. The molecule has 6 nitrogen and oxygen atoms in total. The molecule has 0 saturated heterocycles. The summed E-state index contributed by atoms with van der Waals surface area (Å²) in [4.78, 5) is 23.6. The van der Waals surface area contributed by atoms with E-state index in [0.29, 0.717) is 15.7 Å². The van der Waals surface area contributed by atoms with Gasteiger partial charge < -0.3 is 9.64 Å². The maximum absolute atomic E-state index is 12.1. The fraction of sp³-hybridized carbons (Fsp3) is 0.133. The number of benzene rings is 2. The molecule has 2 rings (SSSR count). The molecular formula is C15H12Cl2N2O4. The summed E-state index contributed by atoms with van der Waals surface area (Å²) in [5, 5.41) is 11.2. The van der Waals surface area contributed by atoms with Crippen molar-refractivity contribution in [2.75, 3.05) is 18.6 Å². The highest BCUT2D eigenvalue weighted by Gasteiger charge is 2.15. The lowest BCUT2D eigenvalue weighted by molar-refractivity contribution is -0.384. The van der Waals surface area contributed by atoms with Gasteiger partial charge in [0.1, 0.15) is 0 Å². The number of amides is 1. The zero-order valence-electron chi connectivity index (χ0n) is 12.0. The van der Waals surface area contributed by atoms with Gasteiger partial charge in [-0.05, 0) is 24.3 Å². The largest absolute Gasteiger partial charge is 0.481 e. The highest BCUT2D eigenvalue weighted by atomic mass is 35.5. The number of nitro groups is 1. The molecule has 0 heterocycles. The van der Waals surface area contributed by atoms with Crippen molar-refractivity contribution in [2.24, 2.45) is 0 Å². The topological polar surface area (TPSA) is 72.7 Å². The van der Waals surface area contributed by atoms with Crippen molar-refractivity contribution in [3.8, 4) is 5.75 Å². The number of hydrogen-bond donors (Lipinski definition) is 0. The predicted octanol–water partition coefficient (Wildman–Crippen LogP) is 3.94. The van der Waals surface area contributed by atoms with Gasteiger partial charge in [0, 0.05) is 24.9 Å². The average Bonchev–Trinajstić information content (AvgIpc) is 2.53. The molecule has 0 aliphatic heterocycles. The Morgan fingerprint density at radius 2 is 1.74 bits per heavy atom. The van der Waals surface area contributed by atoms with Crippen molar-refractivity contribution in [1.29, 1.82) is 0 Å². The summed E-state index contributed by atoms with van der Waals surface area (Å²) in [6.45, 7) is -0.267. The summed E-state index contributed by atoms with van der Waals surface area (Å²) < 4.78 is 5.37. The Kier molecular flexibility index (Phi) is 5.41. The Morgan fingerprint density at radius 3 is 2.26 bits per heavy atom. The summed E-state index contributed by atoms with van der Waals surface area (Å²) in [5.41, 5.74) is 0.461. The second-order valence-electron chi connectivity index (χ2n) is 4.57. The molecule has 0 radical (unpaired) electrons. The number of carbonyl (C=O) groups excluding carboxylic acids is 1. The summed E-state index contributed by atoms with van der Waals surface area (Å²) >= 11 is 11.9. The molecule has 0 saturated carbocycles. The van der Waals surface area contributed by atoms with E-state index in [1.54, 1.807) is 25.2 Å². The smallest absolute Gasteiger partial charge is 0.269 e. The molecule has 8 heteroatoms. The number of hydrogen-bond acceptors (Lipinski definition) is 4. The molecule has 120 valence electrons. The van der Waals surface area contributed by atoms with Gasteiger partial charge >= 0.3 is 0 Å². The molecule has 0 unspecified atom stereocenters. The second kappa shape index (κ2) is 7.30. The number of nitro benzene ring substituents is 1. The SMILES string of the molecule is CN(C(=O)COc1c(Cl)cccc1Cl)c1ccc([N+](=O)[O-])cc1. The normalized spacial score (nSPS) is 10.2. The van der Waals surface area contributed by atoms with Crippen LogP contribution in [0.1, 0.15) is 0 Å². The highest BCUT2D eigenvalue weighted by Crippen LogP contribution is 2.32. The first kappa shape index (κ1) is 17.1. The lowest BCUT2D eigenvalue weighted by Gasteiger charge is -2.18. The van der Waals surface area contributed by atoms with Crippen LogP contribution in [0.5, 0.6) is 5.75 Å². The van der Waals surface area contributed by atoms with Crippen molar-refractivity contribution in [1.82, 2.24) is 0 Å². The zero-order valence-corrected chi connectivity index (χ0v) is 13.5. The molecule has 0 aliphatic rings. The van der Waals surface area contributed by atoms with E-state index in [1.165, 1.54) is 29.2 Å². The quantitative estimate of drug-likeness (QED) is 0.602. The summed E-state index contributed by atoms with van der Waals surface area (Å²) in [7, 11) is 1.54. The van der Waals surface area contributed by atoms with E-state index < -0.39 is 4.92 Å². The molecule has 2 aromatic carbocycles. The number of ether oxygens (including phenoxy) is 1. The standard InChI is InChI=1S/C15H12Cl2N2O4/c1-18(10-5-7-11(8-6-10)19(21)22)14(20)9-23-15-12(16)3-2-4-13(15)17/h2-8H,9H2,1H3. The molecule has 2 aromatic rings. The molecule has 0 aliphatic carbocycles. The fourth-order valence-corrected chi connectivity index (χ4v) is 2.30. The van der Waals surface area contributed by atoms with E-state index in [9.17, 15) is 14.9 Å². The fourth-order valence-electron chi connectivity index (χ4n) is 1.79. The third-order valence-corrected chi connectivity index (χ3v) is 3.68. The first-order valence-electron chi connectivity index (χ1n) is 6.48. The molecular weight excluding hydrogens is 343 g/mol. The number of nitrogens with zero attached hydrogens (tertiary/aromatic N) is 2. The van der Waals surface area contributed by atoms with Crippen molar-refractivity contribution < 1.29 is 14.5 Å². The van der Waals surface area contributed by atoms with Gasteiger partial charge in [0.25, 0.3) is 11.6 Å². The minimum absolute atomic E-state index is 0.0475. The molecule has 0 bridgehead atoms. The summed E-state index contributed by atoms with van der Waals surface area (Å²) in [6, 6.07) is 10.5. The zero-order chi connectivity index (χ0) is 17.0. The van der Waals surface area contributed by atoms with Crippen LogP contribution < -0.4 is 9.64 Å². The minimum atomic E-state index is -0.506. The van der Waals surface area contributed by atoms with Crippen LogP contribution in [0, 0.1) is 10.1 Å². The van der Waals surface area contributed by atoms with Crippen LogP contribution in [-0.4, -0.2) is 24.5 Å². The molecule has 0 fully saturated rings. The number of carbonyl (C=O) groups is 1. The van der Waals surface area contributed by atoms with Gasteiger partial charge in [0.05, 0.1) is 15.0 Å². The molecule has 1 amide bonds. The third-order valence-electron chi connectivity index (χ3n) is 3.08. The molecule has 0 N–H and O–H groups in total. The number of halogens is 2. The number of para-hydroxylation sites is 1. The van der Waals surface area contributed by atoms with E-state index in [4.69, 9.17) is 27.9 Å². The Hall–Kier alpha value is -2.31. The minimum Gasteiger partial charge on any atom is -0.481 e. The van der Waals surface area contributed by atoms with Crippen molar-refractivity contribution in [2.45, 2.75) is 0 Å². The summed E-state index contributed by atoms with van der Waals surface area (Å²) in [6.07, 6.45) is 0. The van der Waals surface area contributed by atoms with Gasteiger partial charge in [-0.25, -0.2) is 0 Å². The van der Waals surface area contributed by atoms with Crippen LogP contribution in [0.15, 0.2) is 42.5 Å². The van der Waals surface area contributed by atoms with E-state index in [1.807, 2.05) is 0 Å². The van der Waals surface area contributed by atoms with Gasteiger partial charge in [-0.15, -0.1) is 0 Å². The maximum Gasteiger partial charge on any atom is 0.269 e. The lowest BCUT2D eigenvalue weighted by Crippen LogP contribution is -2.31. The lowest BCUT2D eigenvalue weighted by atomic mass is 10.2. The van der Waals surface area contributed by atoms with Gasteiger partial charge in [-0.3, -0.25) is 14.9 Å². The van der Waals surface area contributed by atoms with Gasteiger partial charge in [0.2, 0.25) is 0 Å². The predicted molar refractivity (Wildman–Crippen MR) is 88.5 cm³/mol. The van der Waals surface area contributed by atoms with Crippen LogP contribution in [0.25, 0.3) is 0 Å². The van der Waals surface area contributed by atoms with E-state index in [0.717, 1.165) is 0 Å². The third kappa shape index (κ3) is 4.12. The number of non-ortho nitro benzene ring substituents is 1. The Balaban J connectivity index is 2.04. The second-order valence-corrected chi connectivity index (χ2v) is 5.38. The maximum atomic E-state index is 12.1. The van der Waals surface area contributed by atoms with E-state index >= 15 is 0 Å². The Morgan fingerprint density at radius 1 is 1.17 bits per heavy atom. The first-order chi connectivity index (χ1) is 10.9. The molecule has 0 aromatic heterocycles. The van der Waals surface area contributed by atoms with Gasteiger partial charge in [-0.2, -0.15) is 0 Å².